The average molecular weight is 331 g/mol. The molecule has 0 unspecified atom stereocenters. The molecule has 0 bridgehead atoms. The molecular formula is C16H17N3O3S. The van der Waals surface area contributed by atoms with E-state index in [4.69, 9.17) is 0 Å². The minimum absolute atomic E-state index is 0.184. The molecule has 2 aromatic carbocycles. The highest BCUT2D eigenvalue weighted by Gasteiger charge is 2.36. The second kappa shape index (κ2) is 5.21. The molecule has 120 valence electrons. The monoisotopic (exact) mass is 331 g/mol. The van der Waals surface area contributed by atoms with E-state index in [1.54, 1.807) is 18.2 Å². The zero-order valence-corrected chi connectivity index (χ0v) is 13.3. The molecule has 1 amide bonds. The predicted octanol–water partition coefficient (Wildman–Crippen LogP) is 0.684. The van der Waals surface area contributed by atoms with E-state index in [2.05, 4.69) is 10.6 Å². The summed E-state index contributed by atoms with van der Waals surface area (Å²) in [6.07, 6.45) is 0. The molecule has 2 aromatic rings. The number of rotatable bonds is 4. The first kappa shape index (κ1) is 14.5. The van der Waals surface area contributed by atoms with Gasteiger partial charge in [-0.05, 0) is 17.5 Å². The first-order chi connectivity index (χ1) is 11.1. The van der Waals surface area contributed by atoms with Crippen molar-refractivity contribution < 1.29 is 13.2 Å². The van der Waals surface area contributed by atoms with Crippen molar-refractivity contribution in [3.8, 4) is 0 Å². The summed E-state index contributed by atoms with van der Waals surface area (Å²) >= 11 is 0. The van der Waals surface area contributed by atoms with Crippen LogP contribution in [0, 0.1) is 5.92 Å². The van der Waals surface area contributed by atoms with Crippen LogP contribution in [0.2, 0.25) is 0 Å². The molecule has 7 heteroatoms. The van der Waals surface area contributed by atoms with Crippen molar-refractivity contribution in [1.82, 2.24) is 10.6 Å². The van der Waals surface area contributed by atoms with Gasteiger partial charge in [-0.15, -0.1) is 0 Å². The maximum Gasteiger partial charge on any atom is 0.265 e. The second-order valence-corrected chi connectivity index (χ2v) is 7.80. The van der Waals surface area contributed by atoms with Gasteiger partial charge in [0.1, 0.15) is 6.54 Å². The van der Waals surface area contributed by atoms with E-state index in [1.807, 2.05) is 18.2 Å². The lowest BCUT2D eigenvalue weighted by Crippen LogP contribution is -2.49. The van der Waals surface area contributed by atoms with Crippen molar-refractivity contribution in [2.75, 3.05) is 30.5 Å². The maximum atomic E-state index is 12.7. The topological polar surface area (TPSA) is 78.5 Å². The van der Waals surface area contributed by atoms with Gasteiger partial charge < -0.3 is 10.6 Å². The zero-order chi connectivity index (χ0) is 16.0. The number of sulfonamides is 1. The third-order valence-electron chi connectivity index (χ3n) is 4.42. The molecule has 1 fully saturated rings. The van der Waals surface area contributed by atoms with Crippen molar-refractivity contribution in [3.63, 3.8) is 0 Å². The Hall–Kier alpha value is -2.12. The Kier molecular flexibility index (Phi) is 3.28. The van der Waals surface area contributed by atoms with Crippen LogP contribution in [0.15, 0.2) is 41.3 Å². The number of nitrogens with zero attached hydrogens (tertiary/aromatic N) is 1. The van der Waals surface area contributed by atoms with Gasteiger partial charge in [0.05, 0.1) is 10.6 Å². The van der Waals surface area contributed by atoms with E-state index < -0.39 is 10.0 Å². The summed E-state index contributed by atoms with van der Waals surface area (Å²) in [4.78, 5) is 12.4. The standard InChI is InChI=1S/C16H17N3O3S/c20-15(18-9-11-7-17-8-11)10-19-13-5-1-3-12-4-2-6-14(16(12)13)23(19,21)22/h1-6,11,17H,7-10H2,(H,18,20). The number of nitrogens with one attached hydrogen (secondary N) is 2. The molecular weight excluding hydrogens is 314 g/mol. The highest BCUT2D eigenvalue weighted by Crippen LogP contribution is 2.41. The Morgan fingerprint density at radius 1 is 1.22 bits per heavy atom. The van der Waals surface area contributed by atoms with Gasteiger partial charge in [0.15, 0.2) is 0 Å². The number of carbonyl (C=O) groups is 1. The van der Waals surface area contributed by atoms with Crippen LogP contribution in [-0.2, 0) is 14.8 Å². The summed E-state index contributed by atoms with van der Waals surface area (Å²) in [5, 5.41) is 7.53. The van der Waals surface area contributed by atoms with Gasteiger partial charge in [0.25, 0.3) is 10.0 Å². The van der Waals surface area contributed by atoms with Gasteiger partial charge in [-0.1, -0.05) is 24.3 Å². The van der Waals surface area contributed by atoms with E-state index in [9.17, 15) is 13.2 Å². The molecule has 2 N–H and O–H groups in total. The third-order valence-corrected chi connectivity index (χ3v) is 6.22. The third kappa shape index (κ3) is 2.27. The number of hydrogen-bond acceptors (Lipinski definition) is 4. The largest absolute Gasteiger partial charge is 0.354 e. The number of anilines is 1. The number of hydrogen-bond donors (Lipinski definition) is 2. The Balaban J connectivity index is 1.62. The molecule has 0 spiro atoms. The SMILES string of the molecule is O=C(CN1c2cccc3cccc(c23)S1(=O)=O)NCC1CNC1. The fraction of sp³-hybridized carbons (Fsp3) is 0.312. The molecule has 0 atom stereocenters. The van der Waals surface area contributed by atoms with Crippen LogP contribution in [0.4, 0.5) is 5.69 Å². The summed E-state index contributed by atoms with van der Waals surface area (Å²) in [6, 6.07) is 10.6. The summed E-state index contributed by atoms with van der Waals surface area (Å²) in [7, 11) is -3.66. The molecule has 6 nitrogen and oxygen atoms in total. The summed E-state index contributed by atoms with van der Waals surface area (Å²) < 4.78 is 26.7. The number of carbonyl (C=O) groups excluding carboxylic acids is 1. The van der Waals surface area contributed by atoms with E-state index in [1.165, 1.54) is 4.31 Å². The first-order valence-corrected chi connectivity index (χ1v) is 9.03. The van der Waals surface area contributed by atoms with Crippen LogP contribution < -0.4 is 14.9 Å². The van der Waals surface area contributed by atoms with Crippen molar-refractivity contribution >= 4 is 32.4 Å². The lowest BCUT2D eigenvalue weighted by molar-refractivity contribution is -0.119. The lowest BCUT2D eigenvalue weighted by atomic mass is 10.0. The van der Waals surface area contributed by atoms with Crippen LogP contribution in [0.25, 0.3) is 10.8 Å². The fourth-order valence-electron chi connectivity index (χ4n) is 3.07. The summed E-state index contributed by atoms with van der Waals surface area (Å²) in [5.74, 6) is 0.167. The second-order valence-electron chi connectivity index (χ2n) is 5.97. The van der Waals surface area contributed by atoms with E-state index in [-0.39, 0.29) is 17.3 Å². The number of amides is 1. The number of benzene rings is 2. The molecule has 0 saturated carbocycles. The van der Waals surface area contributed by atoms with Gasteiger partial charge in [0.2, 0.25) is 5.91 Å². The average Bonchev–Trinajstić information content (AvgIpc) is 2.70. The smallest absolute Gasteiger partial charge is 0.265 e. The Morgan fingerprint density at radius 2 is 1.96 bits per heavy atom. The van der Waals surface area contributed by atoms with Gasteiger partial charge in [-0.3, -0.25) is 9.10 Å². The predicted molar refractivity (Wildman–Crippen MR) is 87.8 cm³/mol. The van der Waals surface area contributed by atoms with Crippen LogP contribution in [0.1, 0.15) is 0 Å². The summed E-state index contributed by atoms with van der Waals surface area (Å²) in [5.41, 5.74) is 0.582. The van der Waals surface area contributed by atoms with Gasteiger partial charge in [-0.2, -0.15) is 0 Å². The van der Waals surface area contributed by atoms with Gasteiger partial charge in [-0.25, -0.2) is 8.42 Å². The molecule has 2 aliphatic rings. The van der Waals surface area contributed by atoms with Crippen LogP contribution in [0.5, 0.6) is 0 Å². The molecule has 0 aromatic heterocycles. The van der Waals surface area contributed by atoms with Crippen molar-refractivity contribution in [1.29, 1.82) is 0 Å². The van der Waals surface area contributed by atoms with E-state index in [0.717, 1.165) is 18.5 Å². The van der Waals surface area contributed by atoms with Crippen molar-refractivity contribution in [2.45, 2.75) is 4.90 Å². The van der Waals surface area contributed by atoms with E-state index >= 15 is 0 Å². The first-order valence-electron chi connectivity index (χ1n) is 7.59. The summed E-state index contributed by atoms with van der Waals surface area (Å²) in [6.45, 7) is 2.19. The highest BCUT2D eigenvalue weighted by atomic mass is 32.2. The van der Waals surface area contributed by atoms with E-state index in [0.29, 0.717) is 23.5 Å². The minimum atomic E-state index is -3.66. The quantitative estimate of drug-likeness (QED) is 0.864. The zero-order valence-electron chi connectivity index (χ0n) is 12.5. The molecule has 0 radical (unpaired) electrons. The Labute approximate surface area is 134 Å². The maximum absolute atomic E-state index is 12.7. The molecule has 4 rings (SSSR count). The van der Waals surface area contributed by atoms with Crippen molar-refractivity contribution in [2.24, 2.45) is 5.92 Å². The molecule has 2 aliphatic heterocycles. The van der Waals surface area contributed by atoms with Crippen LogP contribution in [0.3, 0.4) is 0 Å². The van der Waals surface area contributed by atoms with Gasteiger partial charge >= 0.3 is 0 Å². The Bertz CT molecular complexity index is 885. The lowest BCUT2D eigenvalue weighted by Gasteiger charge is -2.27. The van der Waals surface area contributed by atoms with Crippen LogP contribution >= 0.6 is 0 Å². The van der Waals surface area contributed by atoms with Crippen LogP contribution in [-0.4, -0.2) is 40.5 Å². The molecule has 2 heterocycles. The normalized spacial score (nSPS) is 18.9. The highest BCUT2D eigenvalue weighted by molar-refractivity contribution is 7.93. The molecule has 23 heavy (non-hydrogen) atoms. The van der Waals surface area contributed by atoms with Gasteiger partial charge in [0, 0.05) is 30.9 Å². The fourth-order valence-corrected chi connectivity index (χ4v) is 4.73. The minimum Gasteiger partial charge on any atom is -0.354 e. The molecule has 0 aliphatic carbocycles. The molecule has 1 saturated heterocycles. The van der Waals surface area contributed by atoms with Crippen molar-refractivity contribution in [3.05, 3.63) is 36.4 Å². The Morgan fingerprint density at radius 3 is 2.65 bits per heavy atom.